The molecular weight excluding hydrogens is 155 g/mol. The van der Waals surface area contributed by atoms with E-state index in [1.54, 1.807) is 0 Å². The summed E-state index contributed by atoms with van der Waals surface area (Å²) in [6.45, 7) is 0. The van der Waals surface area contributed by atoms with Crippen LogP contribution < -0.4 is 16.6 Å². The van der Waals surface area contributed by atoms with Crippen LogP contribution in [0.3, 0.4) is 0 Å². The van der Waals surface area contributed by atoms with Crippen LogP contribution in [0.25, 0.3) is 0 Å². The number of carbonyl (C=O) groups excluding carboxylic acids is 2. The van der Waals surface area contributed by atoms with Crippen molar-refractivity contribution >= 4 is 11.9 Å². The summed E-state index contributed by atoms with van der Waals surface area (Å²) < 4.78 is 12.2. The number of hydrogen-bond donors (Lipinski definition) is 2. The molecule has 0 aliphatic carbocycles. The molecule has 0 unspecified atom stereocenters. The van der Waals surface area contributed by atoms with E-state index in [-0.39, 0.29) is 0 Å². The molecule has 0 aromatic rings. The summed E-state index contributed by atoms with van der Waals surface area (Å²) in [5.74, 6) is -2.67. The first-order valence-corrected chi connectivity index (χ1v) is 2.92. The van der Waals surface area contributed by atoms with E-state index >= 15 is 0 Å². The molecule has 0 saturated carbocycles. The Balaban J connectivity index is 3.84. The fraction of sp³-hybridized carbons (Fsp3) is 0.600. The lowest BCUT2D eigenvalue weighted by atomic mass is 10.1. The third-order valence-electron chi connectivity index (χ3n) is 1.15. The van der Waals surface area contributed by atoms with Crippen molar-refractivity contribution in [3.05, 3.63) is 0 Å². The van der Waals surface area contributed by atoms with Crippen LogP contribution in [0.4, 0.5) is 4.39 Å². The van der Waals surface area contributed by atoms with Crippen molar-refractivity contribution in [2.45, 2.75) is 18.6 Å². The molecule has 0 aliphatic heterocycles. The SMILES string of the molecule is NC(=O)[C@@H]([NH3+])C[C@@H](F)C(=O)[O-]. The maximum Gasteiger partial charge on any atom is 0.275 e. The van der Waals surface area contributed by atoms with Crippen LogP contribution in [0.15, 0.2) is 0 Å². The van der Waals surface area contributed by atoms with E-state index in [9.17, 15) is 19.1 Å². The van der Waals surface area contributed by atoms with E-state index in [0.29, 0.717) is 0 Å². The van der Waals surface area contributed by atoms with Crippen LogP contribution in [0.1, 0.15) is 6.42 Å². The number of quaternary nitrogens is 1. The highest BCUT2D eigenvalue weighted by Crippen LogP contribution is 1.97. The number of aliphatic carboxylic acids is 1. The number of alkyl halides is 1. The first-order valence-electron chi connectivity index (χ1n) is 2.92. The summed E-state index contributed by atoms with van der Waals surface area (Å²) >= 11 is 0. The summed E-state index contributed by atoms with van der Waals surface area (Å²) in [5, 5.41) is 9.79. The van der Waals surface area contributed by atoms with Crippen LogP contribution >= 0.6 is 0 Å². The smallest absolute Gasteiger partial charge is 0.275 e. The van der Waals surface area contributed by atoms with Crippen molar-refractivity contribution in [2.24, 2.45) is 5.73 Å². The van der Waals surface area contributed by atoms with E-state index in [1.165, 1.54) is 0 Å². The summed E-state index contributed by atoms with van der Waals surface area (Å²) in [6, 6.07) is -1.03. The number of carbonyl (C=O) groups is 2. The molecule has 5 nitrogen and oxygen atoms in total. The minimum atomic E-state index is -2.18. The van der Waals surface area contributed by atoms with Crippen molar-refractivity contribution in [3.8, 4) is 0 Å². The Morgan fingerprint density at radius 1 is 1.64 bits per heavy atom. The number of rotatable bonds is 4. The molecule has 11 heavy (non-hydrogen) atoms. The summed E-state index contributed by atoms with van der Waals surface area (Å²) in [6.07, 6.45) is -2.71. The number of carboxylic acid groups (broad SMARTS) is 1. The van der Waals surface area contributed by atoms with Gasteiger partial charge >= 0.3 is 0 Å². The van der Waals surface area contributed by atoms with Gasteiger partial charge in [0.25, 0.3) is 5.91 Å². The number of primary amides is 1. The van der Waals surface area contributed by atoms with Gasteiger partial charge in [-0.15, -0.1) is 0 Å². The van der Waals surface area contributed by atoms with E-state index in [4.69, 9.17) is 5.73 Å². The fourth-order valence-corrected chi connectivity index (χ4v) is 0.462. The highest BCUT2D eigenvalue weighted by Gasteiger charge is 2.20. The number of carboxylic acids is 1. The van der Waals surface area contributed by atoms with Crippen LogP contribution in [0.2, 0.25) is 0 Å². The Hall–Kier alpha value is -1.17. The van der Waals surface area contributed by atoms with Crippen molar-refractivity contribution in [1.29, 1.82) is 0 Å². The number of halogens is 1. The Labute approximate surface area is 62.2 Å². The van der Waals surface area contributed by atoms with Gasteiger partial charge in [-0.3, -0.25) is 4.79 Å². The highest BCUT2D eigenvalue weighted by atomic mass is 19.1. The zero-order chi connectivity index (χ0) is 9.02. The molecule has 5 N–H and O–H groups in total. The van der Waals surface area contributed by atoms with Gasteiger partial charge in [0.15, 0.2) is 6.04 Å². The molecule has 0 spiro atoms. The van der Waals surface area contributed by atoms with Gasteiger partial charge < -0.3 is 21.4 Å². The molecule has 64 valence electrons. The molecule has 0 bridgehead atoms. The molecule has 2 atom stereocenters. The average molecular weight is 164 g/mol. The quantitative estimate of drug-likeness (QED) is 0.450. The Bertz CT molecular complexity index is 155. The van der Waals surface area contributed by atoms with Gasteiger partial charge in [-0.2, -0.15) is 0 Å². The average Bonchev–Trinajstić information content (AvgIpc) is 1.87. The van der Waals surface area contributed by atoms with Crippen molar-refractivity contribution < 1.29 is 24.8 Å². The number of nitrogens with two attached hydrogens (primary N) is 1. The maximum absolute atomic E-state index is 12.2. The highest BCUT2D eigenvalue weighted by molar-refractivity contribution is 5.79. The van der Waals surface area contributed by atoms with Gasteiger partial charge in [0.2, 0.25) is 0 Å². The van der Waals surface area contributed by atoms with Crippen LogP contribution in [-0.2, 0) is 9.59 Å². The largest absolute Gasteiger partial charge is 0.547 e. The van der Waals surface area contributed by atoms with E-state index in [1.807, 2.05) is 0 Å². The molecule has 0 rings (SSSR count). The van der Waals surface area contributed by atoms with E-state index in [2.05, 4.69) is 5.73 Å². The predicted molar refractivity (Wildman–Crippen MR) is 30.4 cm³/mol. The molecule has 6 heteroatoms. The van der Waals surface area contributed by atoms with Crippen molar-refractivity contribution in [3.63, 3.8) is 0 Å². The molecule has 0 radical (unpaired) electrons. The number of amides is 1. The Morgan fingerprint density at radius 2 is 2.09 bits per heavy atom. The third kappa shape index (κ3) is 3.51. The number of hydrogen-bond acceptors (Lipinski definition) is 3. The monoisotopic (exact) mass is 164 g/mol. The minimum Gasteiger partial charge on any atom is -0.547 e. The molecule has 0 fully saturated rings. The second kappa shape index (κ2) is 3.87. The van der Waals surface area contributed by atoms with Gasteiger partial charge in [-0.05, 0) is 0 Å². The van der Waals surface area contributed by atoms with Crippen LogP contribution in [0, 0.1) is 0 Å². The topological polar surface area (TPSA) is 111 Å². The summed E-state index contributed by atoms with van der Waals surface area (Å²) in [4.78, 5) is 20.0. The molecule has 1 amide bonds. The Kier molecular flexibility index (Phi) is 3.46. The molecule has 0 heterocycles. The van der Waals surface area contributed by atoms with Crippen LogP contribution in [-0.4, -0.2) is 24.1 Å². The second-order valence-corrected chi connectivity index (χ2v) is 2.12. The summed E-state index contributed by atoms with van der Waals surface area (Å²) in [7, 11) is 0. The Morgan fingerprint density at radius 3 is 2.36 bits per heavy atom. The van der Waals surface area contributed by atoms with Gasteiger partial charge in [0.1, 0.15) is 6.17 Å². The molecule has 0 aromatic carbocycles. The lowest BCUT2D eigenvalue weighted by molar-refractivity contribution is -0.407. The lowest BCUT2D eigenvalue weighted by Crippen LogP contribution is -2.68. The summed E-state index contributed by atoms with van der Waals surface area (Å²) in [5.41, 5.74) is 7.86. The fourth-order valence-electron chi connectivity index (χ4n) is 0.462. The molecule has 0 aromatic heterocycles. The minimum absolute atomic E-state index is 0.530. The normalized spacial score (nSPS) is 15.5. The van der Waals surface area contributed by atoms with Crippen LogP contribution in [0.5, 0.6) is 0 Å². The van der Waals surface area contributed by atoms with Gasteiger partial charge in [-0.25, -0.2) is 4.39 Å². The van der Waals surface area contributed by atoms with Gasteiger partial charge in [0.05, 0.1) is 5.97 Å². The molecule has 0 saturated heterocycles. The maximum atomic E-state index is 12.2. The van der Waals surface area contributed by atoms with E-state index < -0.39 is 30.5 Å². The first-order chi connectivity index (χ1) is 4.95. The zero-order valence-corrected chi connectivity index (χ0v) is 5.75. The third-order valence-corrected chi connectivity index (χ3v) is 1.15. The van der Waals surface area contributed by atoms with Gasteiger partial charge in [0, 0.05) is 6.42 Å². The molecular formula is C5H9FN2O3. The predicted octanol–water partition coefficient (Wildman–Crippen LogP) is -3.44. The van der Waals surface area contributed by atoms with E-state index in [0.717, 1.165) is 0 Å². The standard InChI is InChI=1S/C5H9FN2O3/c6-2(5(10)11)1-3(7)4(8)9/h2-3H,1,7H2,(H2,8,9)(H,10,11)/t2-,3+/m1/s1. The second-order valence-electron chi connectivity index (χ2n) is 2.12. The lowest BCUT2D eigenvalue weighted by Gasteiger charge is -2.09. The zero-order valence-electron chi connectivity index (χ0n) is 5.75. The van der Waals surface area contributed by atoms with Crippen molar-refractivity contribution in [1.82, 2.24) is 0 Å². The first kappa shape index (κ1) is 9.83. The van der Waals surface area contributed by atoms with Gasteiger partial charge in [-0.1, -0.05) is 0 Å². The molecule has 0 aliphatic rings. The van der Waals surface area contributed by atoms with Crippen molar-refractivity contribution in [2.75, 3.05) is 0 Å².